The Hall–Kier alpha value is -2.78. The number of hydrogen-bond donors (Lipinski definition) is 1. The van der Waals surface area contributed by atoms with Crippen molar-refractivity contribution in [1.29, 1.82) is 0 Å². The topological polar surface area (TPSA) is 86.8 Å². The molecule has 0 radical (unpaired) electrons. The molecule has 7 nitrogen and oxygen atoms in total. The van der Waals surface area contributed by atoms with Gasteiger partial charge in [0.2, 0.25) is 21.8 Å². The van der Waals surface area contributed by atoms with Crippen molar-refractivity contribution in [3.8, 4) is 0 Å². The van der Waals surface area contributed by atoms with Gasteiger partial charge in [-0.1, -0.05) is 96.2 Å². The highest BCUT2D eigenvalue weighted by Gasteiger charge is 2.34. The lowest BCUT2D eigenvalue weighted by atomic mass is 10.0. The number of nitrogens with zero attached hydrogens (tertiary/aromatic N) is 2. The van der Waals surface area contributed by atoms with Gasteiger partial charge in [-0.2, -0.15) is 0 Å². The molecule has 1 fully saturated rings. The summed E-state index contributed by atoms with van der Waals surface area (Å²) >= 11 is 18.8. The van der Waals surface area contributed by atoms with E-state index in [2.05, 4.69) is 5.32 Å². The monoisotopic (exact) mass is 635 g/mol. The van der Waals surface area contributed by atoms with E-state index in [0.717, 1.165) is 41.8 Å². The summed E-state index contributed by atoms with van der Waals surface area (Å²) in [6.45, 7) is -0.566. The second kappa shape index (κ2) is 13.9. The van der Waals surface area contributed by atoms with Gasteiger partial charge in [-0.25, -0.2) is 8.42 Å². The molecule has 0 aliphatic heterocycles. The number of benzene rings is 3. The van der Waals surface area contributed by atoms with Gasteiger partial charge in [0.1, 0.15) is 12.6 Å². The van der Waals surface area contributed by atoms with Crippen LogP contribution in [0.4, 0.5) is 5.69 Å². The Morgan fingerprint density at radius 3 is 2.15 bits per heavy atom. The summed E-state index contributed by atoms with van der Waals surface area (Å²) in [5.74, 6) is -0.869. The lowest BCUT2D eigenvalue weighted by Gasteiger charge is -2.34. The minimum Gasteiger partial charge on any atom is -0.352 e. The van der Waals surface area contributed by atoms with E-state index in [1.807, 2.05) is 30.3 Å². The van der Waals surface area contributed by atoms with Crippen molar-refractivity contribution in [2.45, 2.75) is 50.7 Å². The third-order valence-corrected chi connectivity index (χ3v) is 9.03. The van der Waals surface area contributed by atoms with Crippen LogP contribution in [-0.4, -0.2) is 50.0 Å². The van der Waals surface area contributed by atoms with Crippen LogP contribution in [0.1, 0.15) is 36.8 Å². The average molecular weight is 637 g/mol. The van der Waals surface area contributed by atoms with Crippen molar-refractivity contribution >= 4 is 62.3 Å². The average Bonchev–Trinajstić information content (AvgIpc) is 3.42. The smallest absolute Gasteiger partial charge is 0.244 e. The van der Waals surface area contributed by atoms with E-state index in [4.69, 9.17) is 34.8 Å². The first-order valence-corrected chi connectivity index (χ1v) is 16.3. The molecular weight excluding hydrogens is 605 g/mol. The summed E-state index contributed by atoms with van der Waals surface area (Å²) in [4.78, 5) is 29.4. The van der Waals surface area contributed by atoms with Crippen LogP contribution in [0.25, 0.3) is 0 Å². The zero-order chi connectivity index (χ0) is 29.6. The quantitative estimate of drug-likeness (QED) is 0.275. The zero-order valence-electron chi connectivity index (χ0n) is 22.6. The Morgan fingerprint density at radius 1 is 0.927 bits per heavy atom. The maximum Gasteiger partial charge on any atom is 0.244 e. The van der Waals surface area contributed by atoms with Crippen LogP contribution in [0.3, 0.4) is 0 Å². The minimum atomic E-state index is -3.94. The van der Waals surface area contributed by atoms with Gasteiger partial charge < -0.3 is 10.2 Å². The first kappa shape index (κ1) is 31.2. The predicted octanol–water partition coefficient (Wildman–Crippen LogP) is 6.11. The van der Waals surface area contributed by atoms with Gasteiger partial charge in [0, 0.05) is 34.1 Å². The third kappa shape index (κ3) is 8.61. The lowest BCUT2D eigenvalue weighted by Crippen LogP contribution is -2.54. The van der Waals surface area contributed by atoms with Crippen LogP contribution in [0.15, 0.2) is 72.8 Å². The molecular formula is C30H32Cl3N3O4S. The molecule has 1 aliphatic carbocycles. The van der Waals surface area contributed by atoms with Crippen LogP contribution in [-0.2, 0) is 32.6 Å². The molecule has 1 aliphatic rings. The summed E-state index contributed by atoms with van der Waals surface area (Å²) in [6, 6.07) is 19.9. The van der Waals surface area contributed by atoms with Crippen LogP contribution in [0.2, 0.25) is 15.1 Å². The van der Waals surface area contributed by atoms with E-state index in [1.54, 1.807) is 24.3 Å². The molecule has 0 bridgehead atoms. The van der Waals surface area contributed by atoms with E-state index in [0.29, 0.717) is 10.6 Å². The van der Waals surface area contributed by atoms with E-state index in [9.17, 15) is 18.0 Å². The van der Waals surface area contributed by atoms with Crippen molar-refractivity contribution in [3.63, 3.8) is 0 Å². The molecule has 3 aromatic rings. The lowest BCUT2D eigenvalue weighted by molar-refractivity contribution is -0.140. The molecule has 218 valence electrons. The van der Waals surface area contributed by atoms with Crippen LogP contribution in [0, 0.1) is 0 Å². The maximum absolute atomic E-state index is 14.2. The number of carbonyl (C=O) groups excluding carboxylic acids is 2. The number of sulfonamides is 1. The number of hydrogen-bond acceptors (Lipinski definition) is 4. The van der Waals surface area contributed by atoms with Crippen molar-refractivity contribution in [2.75, 3.05) is 17.1 Å². The molecule has 4 rings (SSSR count). The number of amides is 2. The largest absolute Gasteiger partial charge is 0.352 e. The summed E-state index contributed by atoms with van der Waals surface area (Å²) in [5, 5.41) is 4.01. The first-order valence-electron chi connectivity index (χ1n) is 13.3. The Bertz CT molecular complexity index is 1460. The van der Waals surface area contributed by atoms with Gasteiger partial charge in [-0.05, 0) is 48.2 Å². The molecule has 41 heavy (non-hydrogen) atoms. The number of rotatable bonds is 11. The molecule has 0 aromatic heterocycles. The molecule has 2 amide bonds. The number of carbonyl (C=O) groups is 2. The molecule has 11 heteroatoms. The molecule has 0 spiro atoms. The zero-order valence-corrected chi connectivity index (χ0v) is 25.7. The van der Waals surface area contributed by atoms with Gasteiger partial charge in [0.15, 0.2) is 0 Å². The second-order valence-electron chi connectivity index (χ2n) is 10.2. The Labute approximate surface area is 256 Å². The van der Waals surface area contributed by atoms with Gasteiger partial charge in [0.05, 0.1) is 11.9 Å². The fourth-order valence-corrected chi connectivity index (χ4v) is 6.57. The number of anilines is 1. The fraction of sp³-hybridized carbons (Fsp3) is 0.333. The highest BCUT2D eigenvalue weighted by Crippen LogP contribution is 2.28. The third-order valence-electron chi connectivity index (χ3n) is 7.09. The standard InChI is InChI=1S/C30H32Cl3N3O4S/c1-41(39,40)36(26-17-23(31)16-24(32)18-26)20-29(37)35(19-22-11-5-8-14-27(22)33)28(15-21-9-3-2-4-10-21)30(38)34-25-12-6-7-13-25/h2-5,8-11,14,16-18,25,28H,6-7,12-13,15,19-20H2,1H3,(H,34,38). The highest BCUT2D eigenvalue weighted by molar-refractivity contribution is 7.92. The number of nitrogens with one attached hydrogen (secondary N) is 1. The summed E-state index contributed by atoms with van der Waals surface area (Å²) in [7, 11) is -3.94. The Kier molecular flexibility index (Phi) is 10.6. The maximum atomic E-state index is 14.2. The molecule has 0 saturated heterocycles. The molecule has 1 unspecified atom stereocenters. The normalized spacial score (nSPS) is 14.4. The Morgan fingerprint density at radius 2 is 1.54 bits per heavy atom. The molecule has 1 atom stereocenters. The molecule has 1 saturated carbocycles. The SMILES string of the molecule is CS(=O)(=O)N(CC(=O)N(Cc1ccccc1Cl)C(Cc1ccccc1)C(=O)NC1CCCC1)c1cc(Cl)cc(Cl)c1. The number of halogens is 3. The molecule has 1 N–H and O–H groups in total. The van der Waals surface area contributed by atoms with Crippen molar-refractivity contribution < 1.29 is 18.0 Å². The van der Waals surface area contributed by atoms with Crippen LogP contribution < -0.4 is 9.62 Å². The van der Waals surface area contributed by atoms with Gasteiger partial charge in [-0.15, -0.1) is 0 Å². The van der Waals surface area contributed by atoms with E-state index in [1.165, 1.54) is 23.1 Å². The van der Waals surface area contributed by atoms with Crippen molar-refractivity contribution in [3.05, 3.63) is 99.0 Å². The molecule has 3 aromatic carbocycles. The summed E-state index contributed by atoms with van der Waals surface area (Å²) < 4.78 is 26.8. The predicted molar refractivity (Wildman–Crippen MR) is 165 cm³/mol. The summed E-state index contributed by atoms with van der Waals surface area (Å²) in [5.41, 5.74) is 1.63. The van der Waals surface area contributed by atoms with Crippen molar-refractivity contribution in [2.24, 2.45) is 0 Å². The Balaban J connectivity index is 1.75. The second-order valence-corrected chi connectivity index (χ2v) is 13.4. The molecule has 0 heterocycles. The van der Waals surface area contributed by atoms with Gasteiger partial charge >= 0.3 is 0 Å². The van der Waals surface area contributed by atoms with Crippen LogP contribution >= 0.6 is 34.8 Å². The van der Waals surface area contributed by atoms with E-state index >= 15 is 0 Å². The minimum absolute atomic E-state index is 0.00198. The van der Waals surface area contributed by atoms with E-state index in [-0.39, 0.29) is 40.6 Å². The van der Waals surface area contributed by atoms with Crippen molar-refractivity contribution in [1.82, 2.24) is 10.2 Å². The fourth-order valence-electron chi connectivity index (χ4n) is 5.03. The van der Waals surface area contributed by atoms with Gasteiger partial charge in [-0.3, -0.25) is 13.9 Å². The van der Waals surface area contributed by atoms with E-state index < -0.39 is 28.5 Å². The van der Waals surface area contributed by atoms with Gasteiger partial charge in [0.25, 0.3) is 0 Å². The highest BCUT2D eigenvalue weighted by atomic mass is 35.5. The summed E-state index contributed by atoms with van der Waals surface area (Å²) in [6.07, 6.45) is 5.04. The van der Waals surface area contributed by atoms with Crippen LogP contribution in [0.5, 0.6) is 0 Å². The first-order chi connectivity index (χ1) is 19.5.